The summed E-state index contributed by atoms with van der Waals surface area (Å²) in [6, 6.07) is 24.0. The number of rotatable bonds is 2. The van der Waals surface area contributed by atoms with Gasteiger partial charge >= 0.3 is 0 Å². The molecule has 0 heterocycles. The zero-order valence-corrected chi connectivity index (χ0v) is 11.7. The molecule has 0 aliphatic rings. The van der Waals surface area contributed by atoms with E-state index in [4.69, 9.17) is 0 Å². The van der Waals surface area contributed by atoms with Gasteiger partial charge in [-0.15, -0.1) is 12.6 Å². The lowest BCUT2D eigenvalue weighted by Crippen LogP contribution is -1.82. The van der Waals surface area contributed by atoms with E-state index in [-0.39, 0.29) is 5.75 Å². The van der Waals surface area contributed by atoms with Crippen molar-refractivity contribution in [3.63, 3.8) is 0 Å². The van der Waals surface area contributed by atoms with E-state index in [2.05, 4.69) is 36.9 Å². The molecule has 3 aromatic carbocycles. The van der Waals surface area contributed by atoms with Crippen LogP contribution in [0.25, 0.3) is 22.3 Å². The monoisotopic (exact) mass is 278 g/mol. The average molecular weight is 278 g/mol. The van der Waals surface area contributed by atoms with Crippen molar-refractivity contribution < 1.29 is 5.11 Å². The van der Waals surface area contributed by atoms with Crippen molar-refractivity contribution in [3.8, 4) is 28.0 Å². The van der Waals surface area contributed by atoms with Crippen molar-refractivity contribution in [2.75, 3.05) is 0 Å². The Kier molecular flexibility index (Phi) is 3.48. The van der Waals surface area contributed by atoms with E-state index in [1.807, 2.05) is 42.5 Å². The zero-order valence-electron chi connectivity index (χ0n) is 10.8. The first kappa shape index (κ1) is 12.8. The van der Waals surface area contributed by atoms with Gasteiger partial charge in [0.2, 0.25) is 0 Å². The van der Waals surface area contributed by atoms with E-state index in [9.17, 15) is 5.11 Å². The van der Waals surface area contributed by atoms with E-state index in [0.29, 0.717) is 4.90 Å². The Morgan fingerprint density at radius 2 is 1.20 bits per heavy atom. The maximum Gasteiger partial charge on any atom is 0.136 e. The third-order valence-electron chi connectivity index (χ3n) is 3.32. The van der Waals surface area contributed by atoms with E-state index in [1.54, 1.807) is 6.07 Å². The molecule has 1 nitrogen and oxygen atoms in total. The van der Waals surface area contributed by atoms with Crippen molar-refractivity contribution >= 4 is 12.6 Å². The molecule has 20 heavy (non-hydrogen) atoms. The number of thiol groups is 1. The van der Waals surface area contributed by atoms with Gasteiger partial charge < -0.3 is 5.11 Å². The summed E-state index contributed by atoms with van der Waals surface area (Å²) in [6.07, 6.45) is 0. The van der Waals surface area contributed by atoms with Crippen LogP contribution in [0.3, 0.4) is 0 Å². The van der Waals surface area contributed by atoms with Crippen LogP contribution in [0, 0.1) is 0 Å². The van der Waals surface area contributed by atoms with Gasteiger partial charge in [0.1, 0.15) is 5.75 Å². The minimum Gasteiger partial charge on any atom is -0.506 e. The van der Waals surface area contributed by atoms with Crippen LogP contribution in [-0.2, 0) is 0 Å². The highest BCUT2D eigenvalue weighted by Crippen LogP contribution is 2.34. The lowest BCUT2D eigenvalue weighted by atomic mass is 10.00. The van der Waals surface area contributed by atoms with E-state index in [1.165, 1.54) is 5.56 Å². The Balaban J connectivity index is 2.00. The normalized spacial score (nSPS) is 10.4. The molecular weight excluding hydrogens is 264 g/mol. The Morgan fingerprint density at radius 1 is 0.600 bits per heavy atom. The largest absolute Gasteiger partial charge is 0.506 e. The number of aromatic hydroxyl groups is 1. The first-order chi connectivity index (χ1) is 9.75. The predicted octanol–water partition coefficient (Wildman–Crippen LogP) is 5.01. The second-order valence-electron chi connectivity index (χ2n) is 4.62. The molecule has 0 atom stereocenters. The van der Waals surface area contributed by atoms with Gasteiger partial charge in [-0.1, -0.05) is 66.7 Å². The first-order valence-electron chi connectivity index (χ1n) is 6.42. The zero-order chi connectivity index (χ0) is 13.9. The lowest BCUT2D eigenvalue weighted by molar-refractivity contribution is 0.465. The minimum absolute atomic E-state index is 0.225. The number of benzene rings is 3. The van der Waals surface area contributed by atoms with Gasteiger partial charge in [0, 0.05) is 10.5 Å². The highest BCUT2D eigenvalue weighted by atomic mass is 32.1. The quantitative estimate of drug-likeness (QED) is 0.631. The minimum atomic E-state index is 0.225. The second kappa shape index (κ2) is 5.43. The summed E-state index contributed by atoms with van der Waals surface area (Å²) in [7, 11) is 0. The van der Waals surface area contributed by atoms with Crippen LogP contribution in [0.1, 0.15) is 0 Å². The van der Waals surface area contributed by atoms with Crippen LogP contribution in [0.4, 0.5) is 0 Å². The van der Waals surface area contributed by atoms with Gasteiger partial charge in [0.15, 0.2) is 0 Å². The Hall–Kier alpha value is -2.19. The lowest BCUT2D eigenvalue weighted by Gasteiger charge is -2.08. The van der Waals surface area contributed by atoms with Crippen molar-refractivity contribution in [3.05, 3.63) is 72.8 Å². The number of para-hydroxylation sites is 1. The molecule has 0 saturated heterocycles. The second-order valence-corrected chi connectivity index (χ2v) is 5.10. The van der Waals surface area contributed by atoms with Crippen molar-refractivity contribution in [1.29, 1.82) is 0 Å². The summed E-state index contributed by atoms with van der Waals surface area (Å²) < 4.78 is 0. The van der Waals surface area contributed by atoms with E-state index >= 15 is 0 Å². The summed E-state index contributed by atoms with van der Waals surface area (Å²) in [5, 5.41) is 10.1. The van der Waals surface area contributed by atoms with Crippen LogP contribution >= 0.6 is 12.6 Å². The number of phenols is 1. The fourth-order valence-electron chi connectivity index (χ4n) is 2.24. The van der Waals surface area contributed by atoms with Crippen LogP contribution < -0.4 is 0 Å². The Morgan fingerprint density at radius 3 is 1.90 bits per heavy atom. The summed E-state index contributed by atoms with van der Waals surface area (Å²) in [4.78, 5) is 0.592. The topological polar surface area (TPSA) is 20.2 Å². The van der Waals surface area contributed by atoms with Crippen molar-refractivity contribution in [2.45, 2.75) is 4.90 Å². The van der Waals surface area contributed by atoms with Crippen LogP contribution in [-0.4, -0.2) is 5.11 Å². The van der Waals surface area contributed by atoms with Crippen molar-refractivity contribution in [1.82, 2.24) is 0 Å². The molecule has 2 heteroatoms. The van der Waals surface area contributed by atoms with Crippen molar-refractivity contribution in [2.24, 2.45) is 0 Å². The maximum absolute atomic E-state index is 10.1. The fraction of sp³-hybridized carbons (Fsp3) is 0. The molecule has 1 N–H and O–H groups in total. The number of hydrogen-bond donors (Lipinski definition) is 2. The molecule has 0 unspecified atom stereocenters. The summed E-state index contributed by atoms with van der Waals surface area (Å²) in [6.45, 7) is 0. The highest BCUT2D eigenvalue weighted by molar-refractivity contribution is 7.80. The van der Waals surface area contributed by atoms with Gasteiger partial charge in [-0.25, -0.2) is 0 Å². The molecule has 0 aliphatic heterocycles. The van der Waals surface area contributed by atoms with E-state index in [0.717, 1.165) is 16.7 Å². The number of hydrogen-bond acceptors (Lipinski definition) is 2. The molecule has 0 aliphatic carbocycles. The molecule has 0 aromatic heterocycles. The molecule has 0 fully saturated rings. The molecule has 0 amide bonds. The van der Waals surface area contributed by atoms with Gasteiger partial charge in [0.25, 0.3) is 0 Å². The molecule has 3 aromatic rings. The van der Waals surface area contributed by atoms with E-state index < -0.39 is 0 Å². The Labute approximate surface area is 123 Å². The molecule has 0 bridgehead atoms. The third-order valence-corrected chi connectivity index (χ3v) is 3.68. The van der Waals surface area contributed by atoms with Crippen LogP contribution in [0.15, 0.2) is 77.7 Å². The standard InChI is InChI=1S/C18H14OS/c19-18-16(7-4-8-17(18)20)15-11-9-14(10-12-15)13-5-2-1-3-6-13/h1-12,19-20H. The number of phenolic OH excluding ortho intramolecular Hbond substituents is 1. The van der Waals surface area contributed by atoms with Gasteiger partial charge in [-0.05, 0) is 22.8 Å². The first-order valence-corrected chi connectivity index (χ1v) is 6.87. The summed E-state index contributed by atoms with van der Waals surface area (Å²) >= 11 is 4.25. The third kappa shape index (κ3) is 2.43. The van der Waals surface area contributed by atoms with Gasteiger partial charge in [-0.3, -0.25) is 0 Å². The van der Waals surface area contributed by atoms with Crippen LogP contribution in [0.5, 0.6) is 5.75 Å². The molecule has 0 radical (unpaired) electrons. The maximum atomic E-state index is 10.1. The van der Waals surface area contributed by atoms with Gasteiger partial charge in [-0.2, -0.15) is 0 Å². The molecule has 3 rings (SSSR count). The molecular formula is C18H14OS. The SMILES string of the molecule is Oc1c(S)cccc1-c1ccc(-c2ccccc2)cc1. The molecule has 0 spiro atoms. The molecule has 0 saturated carbocycles. The van der Waals surface area contributed by atoms with Crippen LogP contribution in [0.2, 0.25) is 0 Å². The Bertz CT molecular complexity index is 718. The molecule has 98 valence electrons. The highest BCUT2D eigenvalue weighted by Gasteiger charge is 2.06. The predicted molar refractivity (Wildman–Crippen MR) is 86.2 cm³/mol. The smallest absolute Gasteiger partial charge is 0.136 e. The average Bonchev–Trinajstić information content (AvgIpc) is 2.51. The summed E-state index contributed by atoms with van der Waals surface area (Å²) in [5.41, 5.74) is 4.14. The van der Waals surface area contributed by atoms with Gasteiger partial charge in [0.05, 0.1) is 0 Å². The summed E-state index contributed by atoms with van der Waals surface area (Å²) in [5.74, 6) is 0.225. The fourth-order valence-corrected chi connectivity index (χ4v) is 2.44.